The average molecular weight is 452 g/mol. The number of likely N-dealkylation sites (tertiary alicyclic amines) is 1. The van der Waals surface area contributed by atoms with Crippen LogP contribution in [-0.2, 0) is 4.74 Å². The maximum Gasteiger partial charge on any atom is 0.410 e. The van der Waals surface area contributed by atoms with Gasteiger partial charge < -0.3 is 15.0 Å². The van der Waals surface area contributed by atoms with Gasteiger partial charge in [0.15, 0.2) is 0 Å². The van der Waals surface area contributed by atoms with E-state index in [0.717, 1.165) is 0 Å². The van der Waals surface area contributed by atoms with Gasteiger partial charge in [-0.05, 0) is 55.8 Å². The fourth-order valence-electron chi connectivity index (χ4n) is 2.33. The van der Waals surface area contributed by atoms with Gasteiger partial charge in [-0.25, -0.2) is 13.6 Å². The number of carbonyl (C=O) groups excluding carboxylic acids is 2. The van der Waals surface area contributed by atoms with Crippen molar-refractivity contribution in [3.8, 4) is 0 Å². The van der Waals surface area contributed by atoms with Crippen LogP contribution in [0.5, 0.6) is 0 Å². The molecule has 5 nitrogen and oxygen atoms in total. The van der Waals surface area contributed by atoms with Crippen molar-refractivity contribution in [3.63, 3.8) is 0 Å². The van der Waals surface area contributed by atoms with E-state index in [1.54, 1.807) is 43.4 Å². The second-order valence-electron chi connectivity index (χ2n) is 6.63. The third-order valence-corrected chi connectivity index (χ3v) is 4.26. The van der Waals surface area contributed by atoms with Crippen LogP contribution in [0.2, 0.25) is 0 Å². The van der Waals surface area contributed by atoms with Gasteiger partial charge in [-0.15, -0.1) is 0 Å². The molecule has 2 rings (SSSR count). The Morgan fingerprint density at radius 2 is 1.96 bits per heavy atom. The molecule has 24 heavy (non-hydrogen) atoms. The van der Waals surface area contributed by atoms with E-state index in [4.69, 9.17) is 4.74 Å². The zero-order valence-corrected chi connectivity index (χ0v) is 15.8. The van der Waals surface area contributed by atoms with E-state index in [2.05, 4.69) is 5.32 Å². The molecule has 8 heteroatoms. The third-order valence-electron chi connectivity index (χ3n) is 3.43. The molecule has 1 fully saturated rings. The summed E-state index contributed by atoms with van der Waals surface area (Å²) >= 11 is 1.70. The molecule has 1 aliphatic heterocycles. The maximum absolute atomic E-state index is 13.8. The molecule has 1 aliphatic rings. The molecule has 0 unspecified atom stereocenters. The Hall–Kier alpha value is -1.45. The van der Waals surface area contributed by atoms with Crippen LogP contribution in [0.3, 0.4) is 0 Å². The van der Waals surface area contributed by atoms with Gasteiger partial charge in [0.1, 0.15) is 17.2 Å². The van der Waals surface area contributed by atoms with E-state index in [-0.39, 0.29) is 15.2 Å². The Balaban J connectivity index is 1.97. The molecule has 0 aliphatic carbocycles. The Morgan fingerprint density at radius 1 is 1.29 bits per heavy atom. The highest BCUT2D eigenvalue weighted by molar-refractivity contribution is 14.1. The number of hydrogen-bond donors (Lipinski definition) is 1. The number of hydrogen-bond acceptors (Lipinski definition) is 3. The first-order valence-electron chi connectivity index (χ1n) is 7.50. The zero-order chi connectivity index (χ0) is 18.1. The standard InChI is InChI=1S/C16H19F2IN2O3/c1-16(2,3)24-15(23)21-5-4-9(8-21)20-14(22)10-6-13(19)12(18)7-11(10)17/h6-7,9H,4-5,8H2,1-3H3,(H,20,22)/t9-/m1/s1. The first kappa shape index (κ1) is 18.9. The van der Waals surface area contributed by atoms with Crippen LogP contribution in [0, 0.1) is 15.2 Å². The number of nitrogens with one attached hydrogen (secondary N) is 1. The number of ether oxygens (including phenoxy) is 1. The SMILES string of the molecule is CC(C)(C)OC(=O)N1CC[C@@H](NC(=O)c2cc(I)c(F)cc2F)C1. The summed E-state index contributed by atoms with van der Waals surface area (Å²) < 4.78 is 32.5. The monoisotopic (exact) mass is 452 g/mol. The summed E-state index contributed by atoms with van der Waals surface area (Å²) in [5.41, 5.74) is -0.802. The lowest BCUT2D eigenvalue weighted by Gasteiger charge is -2.24. The highest BCUT2D eigenvalue weighted by Crippen LogP contribution is 2.19. The molecule has 2 amide bonds. The lowest BCUT2D eigenvalue weighted by Crippen LogP contribution is -2.40. The smallest absolute Gasteiger partial charge is 0.410 e. The Morgan fingerprint density at radius 3 is 2.58 bits per heavy atom. The van der Waals surface area contributed by atoms with Crippen LogP contribution in [0.1, 0.15) is 37.6 Å². The van der Waals surface area contributed by atoms with E-state index in [1.165, 1.54) is 11.0 Å². The lowest BCUT2D eigenvalue weighted by molar-refractivity contribution is 0.0290. The molecule has 1 aromatic rings. The Labute approximate surface area is 152 Å². The van der Waals surface area contributed by atoms with Crippen LogP contribution >= 0.6 is 22.6 Å². The summed E-state index contributed by atoms with van der Waals surface area (Å²) in [4.78, 5) is 25.7. The van der Waals surface area contributed by atoms with Gasteiger partial charge in [0.2, 0.25) is 0 Å². The third kappa shape index (κ3) is 4.78. The molecule has 132 valence electrons. The summed E-state index contributed by atoms with van der Waals surface area (Å²) in [5.74, 6) is -2.24. The van der Waals surface area contributed by atoms with Crippen molar-refractivity contribution in [2.45, 2.75) is 38.8 Å². The largest absolute Gasteiger partial charge is 0.444 e. The van der Waals surface area contributed by atoms with Gasteiger partial charge in [0, 0.05) is 28.8 Å². The molecule has 0 aromatic heterocycles. The van der Waals surface area contributed by atoms with Crippen LogP contribution in [0.25, 0.3) is 0 Å². The molecule has 1 aromatic carbocycles. The van der Waals surface area contributed by atoms with Gasteiger partial charge in [-0.1, -0.05) is 0 Å². The quantitative estimate of drug-likeness (QED) is 0.554. The van der Waals surface area contributed by atoms with Crippen LogP contribution in [0.4, 0.5) is 13.6 Å². The van der Waals surface area contributed by atoms with Crippen LogP contribution in [0.15, 0.2) is 12.1 Å². The van der Waals surface area contributed by atoms with E-state index >= 15 is 0 Å². The summed E-state index contributed by atoms with van der Waals surface area (Å²) in [6.45, 7) is 6.07. The van der Waals surface area contributed by atoms with Crippen molar-refractivity contribution in [2.24, 2.45) is 0 Å². The van der Waals surface area contributed by atoms with Crippen LogP contribution < -0.4 is 5.32 Å². The summed E-state index contributed by atoms with van der Waals surface area (Å²) in [6.07, 6.45) is 0.104. The number of benzene rings is 1. The van der Waals surface area contributed by atoms with Crippen molar-refractivity contribution >= 4 is 34.6 Å². The lowest BCUT2D eigenvalue weighted by atomic mass is 10.1. The van der Waals surface area contributed by atoms with Crippen molar-refractivity contribution in [1.29, 1.82) is 0 Å². The molecule has 0 bridgehead atoms. The minimum atomic E-state index is -0.910. The van der Waals surface area contributed by atoms with Gasteiger partial charge in [-0.2, -0.15) is 0 Å². The average Bonchev–Trinajstić information content (AvgIpc) is 2.89. The summed E-state index contributed by atoms with van der Waals surface area (Å²) in [7, 11) is 0. The molecule has 0 spiro atoms. The van der Waals surface area contributed by atoms with E-state index in [9.17, 15) is 18.4 Å². The van der Waals surface area contributed by atoms with Gasteiger partial charge in [0.25, 0.3) is 5.91 Å². The van der Waals surface area contributed by atoms with Gasteiger partial charge >= 0.3 is 6.09 Å². The van der Waals surface area contributed by atoms with Crippen LogP contribution in [-0.4, -0.2) is 41.6 Å². The molecule has 0 saturated carbocycles. The summed E-state index contributed by atoms with van der Waals surface area (Å²) in [6, 6.07) is 1.56. The fourth-order valence-corrected chi connectivity index (χ4v) is 2.80. The number of carbonyl (C=O) groups is 2. The second-order valence-corrected chi connectivity index (χ2v) is 7.79. The number of halogens is 3. The number of amides is 2. The molecule has 1 saturated heterocycles. The van der Waals surface area contributed by atoms with Crippen molar-refractivity contribution < 1.29 is 23.1 Å². The molecular weight excluding hydrogens is 433 g/mol. The van der Waals surface area contributed by atoms with Crippen molar-refractivity contribution in [3.05, 3.63) is 32.9 Å². The molecule has 1 heterocycles. The Bertz CT molecular complexity index is 661. The predicted molar refractivity (Wildman–Crippen MR) is 92.8 cm³/mol. The van der Waals surface area contributed by atoms with Crippen molar-refractivity contribution in [1.82, 2.24) is 10.2 Å². The fraction of sp³-hybridized carbons (Fsp3) is 0.500. The van der Waals surface area contributed by atoms with Gasteiger partial charge in [-0.3, -0.25) is 4.79 Å². The topological polar surface area (TPSA) is 58.6 Å². The highest BCUT2D eigenvalue weighted by atomic mass is 127. The van der Waals surface area contributed by atoms with E-state index in [1.807, 2.05) is 0 Å². The Kier molecular flexibility index (Phi) is 5.67. The van der Waals surface area contributed by atoms with Gasteiger partial charge in [0.05, 0.1) is 5.56 Å². The number of rotatable bonds is 2. The zero-order valence-electron chi connectivity index (χ0n) is 13.7. The predicted octanol–water partition coefficient (Wildman–Crippen LogP) is 3.31. The maximum atomic E-state index is 13.8. The van der Waals surface area contributed by atoms with Crippen molar-refractivity contribution in [2.75, 3.05) is 13.1 Å². The normalized spacial score (nSPS) is 17.8. The molecule has 1 N–H and O–H groups in total. The second kappa shape index (κ2) is 7.20. The molecule has 0 radical (unpaired) electrons. The minimum absolute atomic E-state index is 0.168. The first-order chi connectivity index (χ1) is 11.1. The minimum Gasteiger partial charge on any atom is -0.444 e. The highest BCUT2D eigenvalue weighted by Gasteiger charge is 2.31. The molecule has 1 atom stereocenters. The van der Waals surface area contributed by atoms with E-state index < -0.39 is 29.2 Å². The number of nitrogens with zero attached hydrogens (tertiary/aromatic N) is 1. The van der Waals surface area contributed by atoms with E-state index in [0.29, 0.717) is 25.6 Å². The first-order valence-corrected chi connectivity index (χ1v) is 8.58. The molecular formula is C16H19F2IN2O3. The summed E-state index contributed by atoms with van der Waals surface area (Å²) in [5, 5.41) is 2.68.